The third-order valence-corrected chi connectivity index (χ3v) is 3.54. The summed E-state index contributed by atoms with van der Waals surface area (Å²) >= 11 is 0. The molecule has 0 aromatic heterocycles. The minimum atomic E-state index is 0.732. The Labute approximate surface area is 126 Å². The van der Waals surface area contributed by atoms with Gasteiger partial charge in [-0.3, -0.25) is 0 Å². The van der Waals surface area contributed by atoms with Crippen LogP contribution in [0.3, 0.4) is 0 Å². The number of allylic oxidation sites excluding steroid dienone is 1. The van der Waals surface area contributed by atoms with Gasteiger partial charge in [0.25, 0.3) is 0 Å². The van der Waals surface area contributed by atoms with Gasteiger partial charge in [-0.25, -0.2) is 5.53 Å². The number of benzene rings is 2. The number of nitrogens with one attached hydrogen (secondary N) is 2. The molecule has 0 bridgehead atoms. The SMILES string of the molecule is C/C1=C(\N=N)c2ccccc2NCc2ccccc21.CC. The minimum absolute atomic E-state index is 0.732. The van der Waals surface area contributed by atoms with Gasteiger partial charge in [0.1, 0.15) is 0 Å². The van der Waals surface area contributed by atoms with Crippen LogP contribution in [0.2, 0.25) is 0 Å². The summed E-state index contributed by atoms with van der Waals surface area (Å²) in [6, 6.07) is 16.3. The van der Waals surface area contributed by atoms with Gasteiger partial charge in [0.2, 0.25) is 0 Å². The molecule has 1 aliphatic rings. The van der Waals surface area contributed by atoms with E-state index in [4.69, 9.17) is 5.53 Å². The molecule has 3 nitrogen and oxygen atoms in total. The van der Waals surface area contributed by atoms with Gasteiger partial charge < -0.3 is 5.32 Å². The van der Waals surface area contributed by atoms with E-state index in [9.17, 15) is 0 Å². The van der Waals surface area contributed by atoms with Crippen LogP contribution in [0.5, 0.6) is 0 Å². The number of hydrogen-bond donors (Lipinski definition) is 2. The van der Waals surface area contributed by atoms with Crippen molar-refractivity contribution in [2.75, 3.05) is 5.32 Å². The molecule has 0 unspecified atom stereocenters. The van der Waals surface area contributed by atoms with Crippen LogP contribution >= 0.6 is 0 Å². The van der Waals surface area contributed by atoms with Crippen LogP contribution in [0.25, 0.3) is 11.3 Å². The smallest absolute Gasteiger partial charge is 0.0978 e. The van der Waals surface area contributed by atoms with E-state index in [0.717, 1.165) is 34.6 Å². The highest BCUT2D eigenvalue weighted by Crippen LogP contribution is 2.35. The molecule has 0 saturated heterocycles. The van der Waals surface area contributed by atoms with Gasteiger partial charge in [-0.1, -0.05) is 56.3 Å². The summed E-state index contributed by atoms with van der Waals surface area (Å²) in [5.74, 6) is 0. The standard InChI is InChI=1S/C16H15N3.C2H6/c1-11-13-7-3-2-6-12(13)10-18-15-9-5-4-8-14(15)16(11)19-17;1-2/h2-9,17-18H,10H2,1H3;1-2H3/b16-11+,19-17?;. The van der Waals surface area contributed by atoms with Gasteiger partial charge in [-0.15, -0.1) is 0 Å². The third kappa shape index (κ3) is 2.87. The van der Waals surface area contributed by atoms with Crippen molar-refractivity contribution in [1.82, 2.24) is 0 Å². The van der Waals surface area contributed by atoms with Crippen LogP contribution in [0.1, 0.15) is 37.5 Å². The van der Waals surface area contributed by atoms with E-state index in [0.29, 0.717) is 0 Å². The van der Waals surface area contributed by atoms with E-state index in [1.54, 1.807) is 0 Å². The maximum Gasteiger partial charge on any atom is 0.0978 e. The Balaban J connectivity index is 0.000000774. The molecule has 0 spiro atoms. The predicted octanol–water partition coefficient (Wildman–Crippen LogP) is 5.56. The van der Waals surface area contributed by atoms with Crippen molar-refractivity contribution >= 4 is 17.0 Å². The molecule has 0 amide bonds. The summed E-state index contributed by atoms with van der Waals surface area (Å²) in [5.41, 5.74) is 13.7. The summed E-state index contributed by atoms with van der Waals surface area (Å²) in [7, 11) is 0. The van der Waals surface area contributed by atoms with Crippen molar-refractivity contribution in [2.45, 2.75) is 27.3 Å². The van der Waals surface area contributed by atoms with E-state index in [2.05, 4.69) is 22.6 Å². The van der Waals surface area contributed by atoms with Crippen LogP contribution in [-0.4, -0.2) is 0 Å². The molecule has 108 valence electrons. The number of rotatable bonds is 1. The van der Waals surface area contributed by atoms with Gasteiger partial charge in [-0.05, 0) is 29.7 Å². The first kappa shape index (κ1) is 15.0. The molecule has 3 rings (SSSR count). The molecule has 2 aromatic rings. The maximum absolute atomic E-state index is 7.51. The fourth-order valence-electron chi connectivity index (χ4n) is 2.55. The topological polar surface area (TPSA) is 48.2 Å². The van der Waals surface area contributed by atoms with E-state index in [-0.39, 0.29) is 0 Å². The first-order valence-electron chi connectivity index (χ1n) is 7.31. The largest absolute Gasteiger partial charge is 0.380 e. The molecule has 1 heterocycles. The average molecular weight is 279 g/mol. The summed E-state index contributed by atoms with van der Waals surface area (Å²) in [5, 5.41) is 7.19. The van der Waals surface area contributed by atoms with Gasteiger partial charge in [0.05, 0.1) is 5.70 Å². The fraction of sp³-hybridized carbons (Fsp3) is 0.222. The molecule has 3 heteroatoms. The number of fused-ring (bicyclic) bond motifs is 2. The molecule has 21 heavy (non-hydrogen) atoms. The Morgan fingerprint density at radius 1 is 0.952 bits per heavy atom. The second-order valence-electron chi connectivity index (χ2n) is 4.64. The van der Waals surface area contributed by atoms with Crippen molar-refractivity contribution in [3.05, 3.63) is 65.2 Å². The zero-order valence-electron chi connectivity index (χ0n) is 12.8. The minimum Gasteiger partial charge on any atom is -0.380 e. The molecule has 0 radical (unpaired) electrons. The van der Waals surface area contributed by atoms with E-state index >= 15 is 0 Å². The van der Waals surface area contributed by atoms with Crippen molar-refractivity contribution in [1.29, 1.82) is 5.53 Å². The average Bonchev–Trinajstić information content (AvgIpc) is 2.55. The molecular weight excluding hydrogens is 258 g/mol. The highest BCUT2D eigenvalue weighted by Gasteiger charge is 2.16. The van der Waals surface area contributed by atoms with Gasteiger partial charge in [-0.2, -0.15) is 5.11 Å². The van der Waals surface area contributed by atoms with Crippen LogP contribution in [0.4, 0.5) is 5.69 Å². The first-order valence-corrected chi connectivity index (χ1v) is 7.31. The van der Waals surface area contributed by atoms with E-state index in [1.807, 2.05) is 57.2 Å². The number of para-hydroxylation sites is 1. The lowest BCUT2D eigenvalue weighted by Crippen LogP contribution is -2.07. The third-order valence-electron chi connectivity index (χ3n) is 3.54. The lowest BCUT2D eigenvalue weighted by atomic mass is 9.94. The van der Waals surface area contributed by atoms with Crippen molar-refractivity contribution in [3.8, 4) is 0 Å². The quantitative estimate of drug-likeness (QED) is 0.660. The van der Waals surface area contributed by atoms with Crippen LogP contribution in [-0.2, 0) is 6.54 Å². The van der Waals surface area contributed by atoms with Crippen molar-refractivity contribution < 1.29 is 0 Å². The van der Waals surface area contributed by atoms with Crippen molar-refractivity contribution in [3.63, 3.8) is 0 Å². The summed E-state index contributed by atoms with van der Waals surface area (Å²) in [6.45, 7) is 6.82. The lowest BCUT2D eigenvalue weighted by Gasteiger charge is -2.20. The zero-order chi connectivity index (χ0) is 15.2. The summed E-state index contributed by atoms with van der Waals surface area (Å²) in [4.78, 5) is 0. The molecule has 2 aromatic carbocycles. The van der Waals surface area contributed by atoms with Crippen molar-refractivity contribution in [2.24, 2.45) is 5.11 Å². The Morgan fingerprint density at radius 2 is 1.57 bits per heavy atom. The zero-order valence-corrected chi connectivity index (χ0v) is 12.8. The summed E-state index contributed by atoms with van der Waals surface area (Å²) < 4.78 is 0. The second-order valence-corrected chi connectivity index (χ2v) is 4.64. The number of anilines is 1. The van der Waals surface area contributed by atoms with Gasteiger partial charge in [0, 0.05) is 17.8 Å². The second kappa shape index (κ2) is 6.84. The maximum atomic E-state index is 7.51. The Kier molecular flexibility index (Phi) is 4.88. The Hall–Kier alpha value is -2.42. The molecule has 0 fully saturated rings. The number of nitrogens with zero attached hydrogens (tertiary/aromatic N) is 1. The predicted molar refractivity (Wildman–Crippen MR) is 89.2 cm³/mol. The summed E-state index contributed by atoms with van der Waals surface area (Å²) in [6.07, 6.45) is 0. The highest BCUT2D eigenvalue weighted by atomic mass is 15.0. The van der Waals surface area contributed by atoms with Gasteiger partial charge >= 0.3 is 0 Å². The first-order chi connectivity index (χ1) is 10.3. The molecule has 1 aliphatic heterocycles. The molecule has 2 N–H and O–H groups in total. The Morgan fingerprint density at radius 3 is 2.29 bits per heavy atom. The van der Waals surface area contributed by atoms with Crippen LogP contribution < -0.4 is 5.32 Å². The number of hydrogen-bond acceptors (Lipinski definition) is 3. The van der Waals surface area contributed by atoms with E-state index in [1.165, 1.54) is 5.56 Å². The molecule has 0 aliphatic carbocycles. The molecule has 0 saturated carbocycles. The van der Waals surface area contributed by atoms with Crippen LogP contribution in [0.15, 0.2) is 53.6 Å². The van der Waals surface area contributed by atoms with E-state index < -0.39 is 0 Å². The highest BCUT2D eigenvalue weighted by molar-refractivity contribution is 5.94. The molecular formula is C18H21N3. The molecule has 0 atom stereocenters. The fourth-order valence-corrected chi connectivity index (χ4v) is 2.55. The van der Waals surface area contributed by atoms with Gasteiger partial charge in [0.15, 0.2) is 0 Å². The van der Waals surface area contributed by atoms with Crippen LogP contribution in [0, 0.1) is 5.53 Å². The normalized spacial score (nSPS) is 16.1. The monoisotopic (exact) mass is 279 g/mol. The Bertz CT molecular complexity index is 672. The lowest BCUT2D eigenvalue weighted by molar-refractivity contribution is 1.11.